The number of nitrogens with one attached hydrogen (secondary N) is 1. The van der Waals surface area contributed by atoms with Gasteiger partial charge in [-0.1, -0.05) is 16.8 Å². The third-order valence-electron chi connectivity index (χ3n) is 3.87. The van der Waals surface area contributed by atoms with E-state index in [1.807, 2.05) is 0 Å². The van der Waals surface area contributed by atoms with Crippen molar-refractivity contribution in [2.75, 3.05) is 14.2 Å². The second kappa shape index (κ2) is 8.60. The minimum atomic E-state index is -4.05. The van der Waals surface area contributed by atoms with Gasteiger partial charge in [-0.2, -0.15) is 4.98 Å². The molecule has 0 aliphatic rings. The highest BCUT2D eigenvalue weighted by molar-refractivity contribution is 7.89. The van der Waals surface area contributed by atoms with Crippen LogP contribution in [0.15, 0.2) is 51.9 Å². The van der Waals surface area contributed by atoms with Crippen molar-refractivity contribution in [3.8, 4) is 17.1 Å². The third-order valence-corrected chi connectivity index (χ3v) is 5.75. The number of halogens is 1. The molecule has 11 heteroatoms. The Hall–Kier alpha value is -2.95. The highest BCUT2D eigenvalue weighted by atomic mass is 35.5. The standard InChI is InChI=1S/C18H16ClN3O6S/c1-26-13-6-3-11(4-7-13)17-21-16(28-22-17)10-20-29(24,25)15-9-12(18(23)27-2)5-8-14(15)19/h3-9,20H,10H2,1-2H3. The number of benzene rings is 2. The van der Waals surface area contributed by atoms with Gasteiger partial charge in [0.25, 0.3) is 0 Å². The molecule has 0 spiro atoms. The maximum absolute atomic E-state index is 12.6. The molecular weight excluding hydrogens is 422 g/mol. The van der Waals surface area contributed by atoms with E-state index in [0.717, 1.165) is 6.07 Å². The Labute approximate surface area is 171 Å². The average Bonchev–Trinajstić information content (AvgIpc) is 3.21. The Morgan fingerprint density at radius 3 is 2.55 bits per heavy atom. The SMILES string of the molecule is COC(=O)c1ccc(Cl)c(S(=O)(=O)NCc2nc(-c3ccc(OC)cc3)no2)c1. The molecule has 0 fully saturated rings. The van der Waals surface area contributed by atoms with Gasteiger partial charge in [-0.25, -0.2) is 17.9 Å². The van der Waals surface area contributed by atoms with Crippen molar-refractivity contribution in [3.63, 3.8) is 0 Å². The fraction of sp³-hybridized carbons (Fsp3) is 0.167. The van der Waals surface area contributed by atoms with Crippen LogP contribution in [-0.4, -0.2) is 38.7 Å². The molecule has 9 nitrogen and oxygen atoms in total. The molecule has 0 amide bonds. The van der Waals surface area contributed by atoms with Crippen LogP contribution in [-0.2, 0) is 21.3 Å². The number of hydrogen-bond acceptors (Lipinski definition) is 8. The summed E-state index contributed by atoms with van der Waals surface area (Å²) in [5.74, 6) is 0.350. The summed E-state index contributed by atoms with van der Waals surface area (Å²) in [6, 6.07) is 10.8. The molecule has 0 atom stereocenters. The van der Waals surface area contributed by atoms with Crippen LogP contribution in [0.4, 0.5) is 0 Å². The molecule has 0 bridgehead atoms. The van der Waals surface area contributed by atoms with Crippen molar-refractivity contribution in [2.45, 2.75) is 11.4 Å². The van der Waals surface area contributed by atoms with Gasteiger partial charge < -0.3 is 14.0 Å². The Balaban J connectivity index is 1.76. The summed E-state index contributed by atoms with van der Waals surface area (Å²) in [5.41, 5.74) is 0.731. The highest BCUT2D eigenvalue weighted by Gasteiger charge is 2.21. The van der Waals surface area contributed by atoms with Crippen molar-refractivity contribution in [1.82, 2.24) is 14.9 Å². The zero-order chi connectivity index (χ0) is 21.0. The number of nitrogens with zero attached hydrogens (tertiary/aromatic N) is 2. The maximum Gasteiger partial charge on any atom is 0.337 e. The molecule has 0 aliphatic heterocycles. The maximum atomic E-state index is 12.6. The Morgan fingerprint density at radius 2 is 1.90 bits per heavy atom. The van der Waals surface area contributed by atoms with Crippen molar-refractivity contribution in [3.05, 3.63) is 58.9 Å². The number of carbonyl (C=O) groups excluding carboxylic acids is 1. The second-order valence-electron chi connectivity index (χ2n) is 5.70. The van der Waals surface area contributed by atoms with Gasteiger partial charge in [0.1, 0.15) is 10.6 Å². The van der Waals surface area contributed by atoms with Crippen molar-refractivity contribution >= 4 is 27.6 Å². The van der Waals surface area contributed by atoms with Gasteiger partial charge in [-0.05, 0) is 42.5 Å². The number of rotatable bonds is 7. The molecule has 2 aromatic carbocycles. The lowest BCUT2D eigenvalue weighted by Gasteiger charge is -2.08. The molecule has 152 valence electrons. The van der Waals surface area contributed by atoms with Crippen LogP contribution >= 0.6 is 11.6 Å². The Kier molecular flexibility index (Phi) is 6.16. The molecule has 0 radical (unpaired) electrons. The molecule has 0 saturated carbocycles. The summed E-state index contributed by atoms with van der Waals surface area (Å²) < 4.78 is 42.3. The number of carbonyl (C=O) groups is 1. The van der Waals surface area contributed by atoms with Crippen molar-refractivity contribution in [2.24, 2.45) is 0 Å². The van der Waals surface area contributed by atoms with Crippen LogP contribution in [0.1, 0.15) is 16.2 Å². The summed E-state index contributed by atoms with van der Waals surface area (Å²) in [7, 11) is -1.30. The predicted octanol–water partition coefficient (Wildman–Crippen LogP) is 2.66. The van der Waals surface area contributed by atoms with Crippen molar-refractivity contribution < 1.29 is 27.2 Å². The van der Waals surface area contributed by atoms with E-state index >= 15 is 0 Å². The van der Waals surface area contributed by atoms with Crippen LogP contribution in [0.3, 0.4) is 0 Å². The molecule has 29 heavy (non-hydrogen) atoms. The lowest BCUT2D eigenvalue weighted by molar-refractivity contribution is 0.0600. The van der Waals surface area contributed by atoms with E-state index in [0.29, 0.717) is 17.1 Å². The highest BCUT2D eigenvalue weighted by Crippen LogP contribution is 2.24. The minimum Gasteiger partial charge on any atom is -0.497 e. The van der Waals surface area contributed by atoms with E-state index in [9.17, 15) is 13.2 Å². The van der Waals surface area contributed by atoms with E-state index in [2.05, 4.69) is 19.6 Å². The fourth-order valence-corrected chi connectivity index (χ4v) is 3.87. The number of esters is 1. The average molecular weight is 438 g/mol. The third kappa shape index (κ3) is 4.73. The van der Waals surface area contributed by atoms with E-state index in [4.69, 9.17) is 20.9 Å². The zero-order valence-corrected chi connectivity index (χ0v) is 17.0. The van der Waals surface area contributed by atoms with Gasteiger partial charge in [0, 0.05) is 5.56 Å². The molecule has 0 saturated heterocycles. The second-order valence-corrected chi connectivity index (χ2v) is 7.84. The van der Waals surface area contributed by atoms with Gasteiger partial charge in [0.2, 0.25) is 21.7 Å². The molecule has 1 heterocycles. The first kappa shape index (κ1) is 20.8. The molecule has 1 N–H and O–H groups in total. The normalized spacial score (nSPS) is 11.3. The number of ether oxygens (including phenoxy) is 2. The Morgan fingerprint density at radius 1 is 1.17 bits per heavy atom. The molecule has 0 unspecified atom stereocenters. The number of aromatic nitrogens is 2. The first-order chi connectivity index (χ1) is 13.8. The zero-order valence-electron chi connectivity index (χ0n) is 15.4. The van der Waals surface area contributed by atoms with E-state index < -0.39 is 16.0 Å². The molecule has 3 aromatic rings. The largest absolute Gasteiger partial charge is 0.497 e. The molecular formula is C18H16ClN3O6S. The van der Waals surface area contributed by atoms with Crippen LogP contribution in [0.2, 0.25) is 5.02 Å². The summed E-state index contributed by atoms with van der Waals surface area (Å²) >= 11 is 5.99. The number of sulfonamides is 1. The van der Waals surface area contributed by atoms with Crippen LogP contribution in [0.25, 0.3) is 11.4 Å². The predicted molar refractivity (Wildman–Crippen MR) is 103 cm³/mol. The summed E-state index contributed by atoms with van der Waals surface area (Å²) in [6.45, 7) is -0.260. The number of hydrogen-bond donors (Lipinski definition) is 1. The lowest BCUT2D eigenvalue weighted by Crippen LogP contribution is -2.24. The summed E-state index contributed by atoms with van der Waals surface area (Å²) in [4.78, 5) is 15.5. The van der Waals surface area contributed by atoms with Gasteiger partial charge in [0.15, 0.2) is 0 Å². The van der Waals surface area contributed by atoms with E-state index in [1.54, 1.807) is 31.4 Å². The van der Waals surface area contributed by atoms with Crippen molar-refractivity contribution in [1.29, 1.82) is 0 Å². The first-order valence-electron chi connectivity index (χ1n) is 8.18. The van der Waals surface area contributed by atoms with Gasteiger partial charge in [0.05, 0.1) is 31.4 Å². The lowest BCUT2D eigenvalue weighted by atomic mass is 10.2. The van der Waals surface area contributed by atoms with Crippen LogP contribution < -0.4 is 9.46 Å². The van der Waals surface area contributed by atoms with Crippen LogP contribution in [0, 0.1) is 0 Å². The monoisotopic (exact) mass is 437 g/mol. The van der Waals surface area contributed by atoms with Gasteiger partial charge >= 0.3 is 5.97 Å². The molecule has 3 rings (SSSR count). The summed E-state index contributed by atoms with van der Waals surface area (Å²) in [6.07, 6.45) is 0. The van der Waals surface area contributed by atoms with Crippen LogP contribution in [0.5, 0.6) is 5.75 Å². The van der Waals surface area contributed by atoms with E-state index in [-0.39, 0.29) is 27.9 Å². The van der Waals surface area contributed by atoms with Gasteiger partial charge in [-0.15, -0.1) is 0 Å². The molecule has 1 aromatic heterocycles. The van der Waals surface area contributed by atoms with Gasteiger partial charge in [-0.3, -0.25) is 0 Å². The summed E-state index contributed by atoms with van der Waals surface area (Å²) in [5, 5.41) is 3.79. The first-order valence-corrected chi connectivity index (χ1v) is 10.0. The topological polar surface area (TPSA) is 121 Å². The smallest absolute Gasteiger partial charge is 0.337 e. The van der Waals surface area contributed by atoms with E-state index in [1.165, 1.54) is 19.2 Å². The molecule has 0 aliphatic carbocycles. The quantitative estimate of drug-likeness (QED) is 0.560. The number of methoxy groups -OCH3 is 2. The fourth-order valence-electron chi connectivity index (χ4n) is 2.37. The minimum absolute atomic E-state index is 0.0467. The Bertz CT molecular complexity index is 1130.